The minimum absolute atomic E-state index is 0.0151. The third-order valence-electron chi connectivity index (χ3n) is 2.96. The van der Waals surface area contributed by atoms with Crippen LogP contribution in [0.3, 0.4) is 0 Å². The smallest absolute Gasteiger partial charge is 0.193 e. The van der Waals surface area contributed by atoms with Gasteiger partial charge in [-0.15, -0.1) is 0 Å². The number of hydrogen-bond donors (Lipinski definition) is 0. The van der Waals surface area contributed by atoms with Crippen LogP contribution in [0.4, 0.5) is 0 Å². The van der Waals surface area contributed by atoms with Gasteiger partial charge >= 0.3 is 0 Å². The summed E-state index contributed by atoms with van der Waals surface area (Å²) in [5.74, 6) is -0.285. The molecule has 0 radical (unpaired) electrons. The number of ketones is 2. The molecule has 0 N–H and O–H groups in total. The Balaban J connectivity index is 2.50. The van der Waals surface area contributed by atoms with E-state index < -0.39 is 11.2 Å². The topological polar surface area (TPSA) is 52.6 Å². The summed E-state index contributed by atoms with van der Waals surface area (Å²) in [7, 11) is 0. The van der Waals surface area contributed by atoms with Gasteiger partial charge in [-0.2, -0.15) is 0 Å². The van der Waals surface area contributed by atoms with Crippen LogP contribution in [-0.4, -0.2) is 36.0 Å². The van der Waals surface area contributed by atoms with Gasteiger partial charge in [-0.1, -0.05) is 0 Å². The van der Waals surface area contributed by atoms with Crippen LogP contribution in [0.25, 0.3) is 0 Å². The van der Waals surface area contributed by atoms with Gasteiger partial charge < -0.3 is 9.47 Å². The van der Waals surface area contributed by atoms with Gasteiger partial charge in [0.25, 0.3) is 0 Å². The van der Waals surface area contributed by atoms with Crippen LogP contribution in [0.1, 0.15) is 13.8 Å². The van der Waals surface area contributed by atoms with Crippen molar-refractivity contribution in [3.05, 3.63) is 0 Å². The lowest BCUT2D eigenvalue weighted by Crippen LogP contribution is -2.50. The fraction of sp³-hybridized carbons (Fsp3) is 0.750. The standard InChI is InChI=1S/C8H10O4/c1-7-5(9)3-12-8(7,2)6(10)4-11-7/h3-4H2,1-2H3/t7-,8-/m1/s1. The van der Waals surface area contributed by atoms with Gasteiger partial charge in [0.05, 0.1) is 0 Å². The van der Waals surface area contributed by atoms with Gasteiger partial charge in [0.2, 0.25) is 0 Å². The molecule has 2 saturated heterocycles. The number of hydrogen-bond acceptors (Lipinski definition) is 4. The minimum atomic E-state index is -1.04. The van der Waals surface area contributed by atoms with Crippen LogP contribution < -0.4 is 0 Å². The summed E-state index contributed by atoms with van der Waals surface area (Å²) < 4.78 is 10.3. The number of fused-ring (bicyclic) bond motifs is 1. The molecule has 2 rings (SSSR count). The lowest BCUT2D eigenvalue weighted by Gasteiger charge is -2.26. The monoisotopic (exact) mass is 170 g/mol. The minimum Gasteiger partial charge on any atom is -0.356 e. The number of carbonyl (C=O) groups excluding carboxylic acids is 2. The molecule has 0 aromatic carbocycles. The van der Waals surface area contributed by atoms with Crippen LogP contribution in [-0.2, 0) is 19.1 Å². The zero-order chi connectivity index (χ0) is 8.98. The highest BCUT2D eigenvalue weighted by Gasteiger charge is 2.65. The molecule has 4 heteroatoms. The average Bonchev–Trinajstić information content (AvgIpc) is 2.39. The molecule has 2 atom stereocenters. The van der Waals surface area contributed by atoms with Crippen molar-refractivity contribution in [1.29, 1.82) is 0 Å². The van der Waals surface area contributed by atoms with E-state index in [4.69, 9.17) is 9.47 Å². The zero-order valence-corrected chi connectivity index (χ0v) is 7.05. The molecule has 0 bridgehead atoms. The summed E-state index contributed by atoms with van der Waals surface area (Å²) in [6, 6.07) is 0. The first-order chi connectivity index (χ1) is 5.51. The number of ether oxygens (including phenoxy) is 2. The Bertz CT molecular complexity index is 244. The third kappa shape index (κ3) is 0.607. The maximum atomic E-state index is 11.3. The fourth-order valence-electron chi connectivity index (χ4n) is 1.66. The molecule has 2 aliphatic rings. The van der Waals surface area contributed by atoms with Gasteiger partial charge in [-0.25, -0.2) is 0 Å². The van der Waals surface area contributed by atoms with Crippen molar-refractivity contribution in [1.82, 2.24) is 0 Å². The molecule has 0 saturated carbocycles. The van der Waals surface area contributed by atoms with E-state index in [0.29, 0.717) is 0 Å². The third-order valence-corrected chi connectivity index (χ3v) is 2.96. The van der Waals surface area contributed by atoms with Gasteiger partial charge in [-0.3, -0.25) is 9.59 Å². The first-order valence-corrected chi connectivity index (χ1v) is 3.85. The summed E-state index contributed by atoms with van der Waals surface area (Å²) in [5, 5.41) is 0. The molecule has 66 valence electrons. The summed E-state index contributed by atoms with van der Waals surface area (Å²) in [6.07, 6.45) is 0. The van der Waals surface area contributed by atoms with E-state index in [1.165, 1.54) is 0 Å². The normalized spacial score (nSPS) is 46.8. The lowest BCUT2D eigenvalue weighted by molar-refractivity contribution is -0.138. The molecular weight excluding hydrogens is 160 g/mol. The Hall–Kier alpha value is -0.740. The highest BCUT2D eigenvalue weighted by Crippen LogP contribution is 2.41. The van der Waals surface area contributed by atoms with Crippen molar-refractivity contribution in [3.63, 3.8) is 0 Å². The van der Waals surface area contributed by atoms with Gasteiger partial charge in [0, 0.05) is 0 Å². The van der Waals surface area contributed by atoms with Crippen molar-refractivity contribution in [2.24, 2.45) is 0 Å². The van der Waals surface area contributed by atoms with E-state index in [2.05, 4.69) is 0 Å². The van der Waals surface area contributed by atoms with Gasteiger partial charge in [0.1, 0.15) is 13.2 Å². The van der Waals surface area contributed by atoms with Crippen molar-refractivity contribution in [2.75, 3.05) is 13.2 Å². The van der Waals surface area contributed by atoms with Crippen molar-refractivity contribution < 1.29 is 19.1 Å². The zero-order valence-electron chi connectivity index (χ0n) is 7.05. The van der Waals surface area contributed by atoms with E-state index in [0.717, 1.165) is 0 Å². The second kappa shape index (κ2) is 1.95. The fourth-order valence-corrected chi connectivity index (χ4v) is 1.66. The molecule has 2 fully saturated rings. The second-order valence-electron chi connectivity index (χ2n) is 3.49. The van der Waals surface area contributed by atoms with Crippen LogP contribution in [0, 0.1) is 0 Å². The van der Waals surface area contributed by atoms with Crippen LogP contribution in [0.5, 0.6) is 0 Å². The Kier molecular flexibility index (Phi) is 1.28. The Morgan fingerprint density at radius 1 is 1.00 bits per heavy atom. The molecule has 12 heavy (non-hydrogen) atoms. The average molecular weight is 170 g/mol. The SMILES string of the molecule is C[C@]12OCC(=O)[C@@]1(C)OCC2=O. The molecule has 0 aromatic heterocycles. The molecular formula is C8H10O4. The van der Waals surface area contributed by atoms with E-state index in [-0.39, 0.29) is 24.8 Å². The molecule has 0 amide bonds. The lowest BCUT2D eigenvalue weighted by atomic mass is 9.84. The largest absolute Gasteiger partial charge is 0.356 e. The summed E-state index contributed by atoms with van der Waals surface area (Å²) in [4.78, 5) is 22.7. The quantitative estimate of drug-likeness (QED) is 0.501. The highest BCUT2D eigenvalue weighted by atomic mass is 16.6. The van der Waals surface area contributed by atoms with Gasteiger partial charge in [-0.05, 0) is 13.8 Å². The van der Waals surface area contributed by atoms with Crippen molar-refractivity contribution in [2.45, 2.75) is 25.0 Å². The Morgan fingerprint density at radius 3 is 1.67 bits per heavy atom. The molecule has 0 spiro atoms. The first kappa shape index (κ1) is 7.89. The van der Waals surface area contributed by atoms with E-state index >= 15 is 0 Å². The van der Waals surface area contributed by atoms with Crippen molar-refractivity contribution >= 4 is 11.6 Å². The second-order valence-corrected chi connectivity index (χ2v) is 3.49. The summed E-state index contributed by atoms with van der Waals surface area (Å²) in [5.41, 5.74) is -2.08. The molecule has 0 aliphatic carbocycles. The van der Waals surface area contributed by atoms with Crippen molar-refractivity contribution in [3.8, 4) is 0 Å². The van der Waals surface area contributed by atoms with Crippen LogP contribution >= 0.6 is 0 Å². The van der Waals surface area contributed by atoms with Crippen LogP contribution in [0.15, 0.2) is 0 Å². The number of carbonyl (C=O) groups is 2. The molecule has 4 nitrogen and oxygen atoms in total. The molecule has 2 aliphatic heterocycles. The Morgan fingerprint density at radius 2 is 1.33 bits per heavy atom. The highest BCUT2D eigenvalue weighted by molar-refractivity contribution is 6.05. The summed E-state index contributed by atoms with van der Waals surface area (Å²) >= 11 is 0. The molecule has 0 aromatic rings. The van der Waals surface area contributed by atoms with E-state index in [1.54, 1.807) is 13.8 Å². The molecule has 0 unspecified atom stereocenters. The van der Waals surface area contributed by atoms with Gasteiger partial charge in [0.15, 0.2) is 22.8 Å². The van der Waals surface area contributed by atoms with E-state index in [1.807, 2.05) is 0 Å². The maximum absolute atomic E-state index is 11.3. The predicted octanol–water partition coefficient (Wildman–Crippen LogP) is -0.298. The first-order valence-electron chi connectivity index (χ1n) is 3.85. The maximum Gasteiger partial charge on any atom is 0.193 e. The summed E-state index contributed by atoms with van der Waals surface area (Å²) in [6.45, 7) is 3.21. The molecule has 2 heterocycles. The predicted molar refractivity (Wildman–Crippen MR) is 38.7 cm³/mol. The Labute approximate surface area is 69.8 Å². The van der Waals surface area contributed by atoms with Crippen LogP contribution in [0.2, 0.25) is 0 Å². The van der Waals surface area contributed by atoms with E-state index in [9.17, 15) is 9.59 Å². The number of rotatable bonds is 0. The number of Topliss-reactive ketones (excluding diaryl/α,β-unsaturated/α-hetero) is 2.